The Kier molecular flexibility index (Phi) is 4.74. The highest BCUT2D eigenvalue weighted by molar-refractivity contribution is 7.92. The van der Waals surface area contributed by atoms with Crippen LogP contribution < -0.4 is 10.0 Å². The summed E-state index contributed by atoms with van der Waals surface area (Å²) in [7, 11) is -3.43. The molecule has 0 aliphatic heterocycles. The van der Waals surface area contributed by atoms with E-state index in [1.807, 2.05) is 6.92 Å². The Labute approximate surface area is 137 Å². The van der Waals surface area contributed by atoms with Crippen LogP contribution in [0.4, 0.5) is 10.8 Å². The minimum Gasteiger partial charge on any atom is -0.321 e. The summed E-state index contributed by atoms with van der Waals surface area (Å²) >= 11 is 6.86. The van der Waals surface area contributed by atoms with Crippen molar-refractivity contribution in [2.24, 2.45) is 0 Å². The molecular weight excluding hydrogens is 346 g/mol. The summed E-state index contributed by atoms with van der Waals surface area (Å²) in [5.74, 6) is -0.345. The first-order chi connectivity index (χ1) is 10.2. The minimum absolute atomic E-state index is 0.165. The summed E-state index contributed by atoms with van der Waals surface area (Å²) in [5, 5.41) is 3.52. The highest BCUT2D eigenvalue weighted by Gasteiger charge is 2.17. The van der Waals surface area contributed by atoms with Gasteiger partial charge < -0.3 is 5.32 Å². The van der Waals surface area contributed by atoms with Crippen LogP contribution in [-0.2, 0) is 10.0 Å². The van der Waals surface area contributed by atoms with E-state index in [0.717, 1.165) is 23.2 Å². The molecule has 9 heteroatoms. The van der Waals surface area contributed by atoms with Crippen molar-refractivity contribution in [1.82, 2.24) is 4.98 Å². The van der Waals surface area contributed by atoms with Crippen LogP contribution in [0, 0.1) is 13.8 Å². The molecule has 0 unspecified atom stereocenters. The SMILES string of the molecule is Cc1cc(Cl)ccc1NC(=O)c1sc(NS(C)(=O)=O)nc1C. The Morgan fingerprint density at radius 2 is 2.00 bits per heavy atom. The summed E-state index contributed by atoms with van der Waals surface area (Å²) in [6.45, 7) is 3.48. The first kappa shape index (κ1) is 16.7. The molecule has 22 heavy (non-hydrogen) atoms. The van der Waals surface area contributed by atoms with E-state index in [4.69, 9.17) is 11.6 Å². The lowest BCUT2D eigenvalue weighted by molar-refractivity contribution is 0.102. The van der Waals surface area contributed by atoms with Crippen molar-refractivity contribution in [3.63, 3.8) is 0 Å². The highest BCUT2D eigenvalue weighted by atomic mass is 35.5. The van der Waals surface area contributed by atoms with E-state index in [1.165, 1.54) is 0 Å². The summed E-state index contributed by atoms with van der Waals surface area (Å²) in [5.41, 5.74) is 1.93. The van der Waals surface area contributed by atoms with E-state index in [1.54, 1.807) is 25.1 Å². The van der Waals surface area contributed by atoms with Gasteiger partial charge in [-0.3, -0.25) is 9.52 Å². The molecule has 0 saturated carbocycles. The summed E-state index contributed by atoms with van der Waals surface area (Å²) in [4.78, 5) is 16.7. The van der Waals surface area contributed by atoms with Gasteiger partial charge in [0.05, 0.1) is 11.9 Å². The van der Waals surface area contributed by atoms with Crippen molar-refractivity contribution in [3.05, 3.63) is 39.4 Å². The molecule has 0 atom stereocenters. The zero-order valence-electron chi connectivity index (χ0n) is 12.1. The van der Waals surface area contributed by atoms with Gasteiger partial charge in [-0.1, -0.05) is 22.9 Å². The van der Waals surface area contributed by atoms with Gasteiger partial charge in [0.1, 0.15) is 4.88 Å². The van der Waals surface area contributed by atoms with Crippen LogP contribution in [0.5, 0.6) is 0 Å². The zero-order chi connectivity index (χ0) is 16.5. The first-order valence-electron chi connectivity index (χ1n) is 6.18. The molecule has 1 aromatic carbocycles. The summed E-state index contributed by atoms with van der Waals surface area (Å²) < 4.78 is 24.7. The van der Waals surface area contributed by atoms with Gasteiger partial charge in [-0.15, -0.1) is 0 Å². The Morgan fingerprint density at radius 3 is 2.59 bits per heavy atom. The number of nitrogens with one attached hydrogen (secondary N) is 2. The van der Waals surface area contributed by atoms with Gasteiger partial charge in [-0.25, -0.2) is 13.4 Å². The van der Waals surface area contributed by atoms with Gasteiger partial charge in [0.15, 0.2) is 5.13 Å². The van der Waals surface area contributed by atoms with Gasteiger partial charge in [0.25, 0.3) is 5.91 Å². The monoisotopic (exact) mass is 359 g/mol. The van der Waals surface area contributed by atoms with Crippen LogP contribution in [0.25, 0.3) is 0 Å². The van der Waals surface area contributed by atoms with Crippen LogP contribution in [0.15, 0.2) is 18.2 Å². The third-order valence-electron chi connectivity index (χ3n) is 2.71. The minimum atomic E-state index is -3.43. The lowest BCUT2D eigenvalue weighted by Gasteiger charge is -2.07. The second-order valence-corrected chi connectivity index (χ2v) is 7.91. The van der Waals surface area contributed by atoms with E-state index >= 15 is 0 Å². The van der Waals surface area contributed by atoms with E-state index < -0.39 is 10.0 Å². The number of carbonyl (C=O) groups excluding carboxylic acids is 1. The molecule has 2 rings (SSSR count). The fraction of sp³-hybridized carbons (Fsp3) is 0.231. The summed E-state index contributed by atoms with van der Waals surface area (Å²) in [6.07, 6.45) is 1.03. The third kappa shape index (κ3) is 4.19. The van der Waals surface area contributed by atoms with E-state index in [2.05, 4.69) is 15.0 Å². The number of amides is 1. The number of anilines is 2. The van der Waals surface area contributed by atoms with Crippen LogP contribution in [0.1, 0.15) is 20.9 Å². The maximum Gasteiger partial charge on any atom is 0.267 e. The Hall–Kier alpha value is -1.64. The zero-order valence-corrected chi connectivity index (χ0v) is 14.5. The second kappa shape index (κ2) is 6.23. The second-order valence-electron chi connectivity index (χ2n) is 4.72. The van der Waals surface area contributed by atoms with Gasteiger partial charge in [-0.05, 0) is 37.6 Å². The molecule has 0 aliphatic carbocycles. The maximum absolute atomic E-state index is 12.3. The number of halogens is 1. The topological polar surface area (TPSA) is 88.2 Å². The number of benzene rings is 1. The fourth-order valence-corrected chi connectivity index (χ4v) is 3.68. The van der Waals surface area contributed by atoms with Gasteiger partial charge in [-0.2, -0.15) is 0 Å². The number of carbonyl (C=O) groups is 1. The summed E-state index contributed by atoms with van der Waals surface area (Å²) in [6, 6.07) is 5.13. The Morgan fingerprint density at radius 1 is 1.32 bits per heavy atom. The van der Waals surface area contributed by atoms with Crippen molar-refractivity contribution < 1.29 is 13.2 Å². The van der Waals surface area contributed by atoms with Crippen LogP contribution in [-0.4, -0.2) is 25.6 Å². The third-order valence-corrected chi connectivity index (χ3v) is 4.71. The van der Waals surface area contributed by atoms with Gasteiger partial charge >= 0.3 is 0 Å². The van der Waals surface area contributed by atoms with Crippen molar-refractivity contribution in [2.45, 2.75) is 13.8 Å². The predicted octanol–water partition coefficient (Wildman–Crippen LogP) is 3.04. The molecule has 0 radical (unpaired) electrons. The molecule has 1 heterocycles. The number of sulfonamides is 1. The molecule has 0 fully saturated rings. The largest absolute Gasteiger partial charge is 0.321 e. The molecule has 2 aromatic rings. The van der Waals surface area contributed by atoms with Crippen LogP contribution in [0.2, 0.25) is 5.02 Å². The normalized spacial score (nSPS) is 11.3. The molecule has 0 saturated heterocycles. The van der Waals surface area contributed by atoms with Gasteiger partial charge in [0, 0.05) is 10.7 Å². The Bertz CT molecular complexity index is 831. The van der Waals surface area contributed by atoms with Crippen molar-refractivity contribution in [1.29, 1.82) is 0 Å². The average molecular weight is 360 g/mol. The number of rotatable bonds is 4. The van der Waals surface area contributed by atoms with Crippen molar-refractivity contribution in [2.75, 3.05) is 16.3 Å². The predicted molar refractivity (Wildman–Crippen MR) is 89.5 cm³/mol. The average Bonchev–Trinajstić information content (AvgIpc) is 2.71. The van der Waals surface area contributed by atoms with E-state index in [-0.39, 0.29) is 11.0 Å². The number of nitrogens with zero attached hydrogens (tertiary/aromatic N) is 1. The van der Waals surface area contributed by atoms with Gasteiger partial charge in [0.2, 0.25) is 10.0 Å². The molecule has 2 N–H and O–H groups in total. The maximum atomic E-state index is 12.3. The number of hydrogen-bond donors (Lipinski definition) is 2. The number of aromatic nitrogens is 1. The molecule has 0 aliphatic rings. The number of thiazole rings is 1. The lowest BCUT2D eigenvalue weighted by atomic mass is 10.2. The lowest BCUT2D eigenvalue weighted by Crippen LogP contribution is -2.12. The molecule has 0 bridgehead atoms. The van der Waals surface area contributed by atoms with Crippen molar-refractivity contribution >= 4 is 49.7 Å². The smallest absolute Gasteiger partial charge is 0.267 e. The fourth-order valence-electron chi connectivity index (χ4n) is 1.76. The van der Waals surface area contributed by atoms with Crippen LogP contribution in [0.3, 0.4) is 0 Å². The van der Waals surface area contributed by atoms with E-state index in [9.17, 15) is 13.2 Å². The van der Waals surface area contributed by atoms with Crippen molar-refractivity contribution in [3.8, 4) is 0 Å². The number of aryl methyl sites for hydroxylation is 2. The van der Waals surface area contributed by atoms with Crippen LogP contribution >= 0.6 is 22.9 Å². The molecule has 0 spiro atoms. The molecular formula is C13H14ClN3O3S2. The first-order valence-corrected chi connectivity index (χ1v) is 9.27. The standard InChI is InChI=1S/C13H14ClN3O3S2/c1-7-6-9(14)4-5-10(7)16-12(18)11-8(2)15-13(21-11)17-22(3,19)20/h4-6H,1-3H3,(H,15,17)(H,16,18). The van der Waals surface area contributed by atoms with E-state index in [0.29, 0.717) is 21.3 Å². The molecule has 1 amide bonds. The quantitative estimate of drug-likeness (QED) is 0.878. The molecule has 1 aromatic heterocycles. The Balaban J connectivity index is 2.23. The molecule has 118 valence electrons. The highest BCUT2D eigenvalue weighted by Crippen LogP contribution is 2.26. The molecule has 6 nitrogen and oxygen atoms in total. The number of hydrogen-bond acceptors (Lipinski definition) is 5.